The number of nitrogens with one attached hydrogen (secondary N) is 2. The molecule has 0 amide bonds. The minimum atomic E-state index is 0.777. The summed E-state index contributed by atoms with van der Waals surface area (Å²) in [5.74, 6) is 1.76. The smallest absolute Gasteiger partial charge is 0.191 e. The van der Waals surface area contributed by atoms with E-state index in [0.29, 0.717) is 0 Å². The fourth-order valence-corrected chi connectivity index (χ4v) is 2.52. The number of aliphatic imine (C=N–C) groups is 1. The van der Waals surface area contributed by atoms with Crippen LogP contribution in [0.25, 0.3) is 5.69 Å². The number of guanidine groups is 1. The Morgan fingerprint density at radius 2 is 1.88 bits per heavy atom. The quantitative estimate of drug-likeness (QED) is 0.513. The molecule has 0 aliphatic carbocycles. The molecule has 0 unspecified atom stereocenters. The summed E-state index contributed by atoms with van der Waals surface area (Å²) in [5.41, 5.74) is 2.25. The molecule has 0 saturated carbocycles. The van der Waals surface area contributed by atoms with E-state index in [1.807, 2.05) is 53.3 Å². The van der Waals surface area contributed by atoms with E-state index in [-0.39, 0.29) is 0 Å². The molecule has 1 aromatic carbocycles. The number of benzene rings is 1. The fourth-order valence-electron chi connectivity index (χ4n) is 2.52. The first-order chi connectivity index (χ1) is 12.3. The van der Waals surface area contributed by atoms with E-state index in [1.54, 1.807) is 13.3 Å². The normalized spacial score (nSPS) is 11.5. The zero-order valence-electron chi connectivity index (χ0n) is 14.4. The molecule has 2 N–H and O–H groups in total. The van der Waals surface area contributed by atoms with E-state index < -0.39 is 0 Å². The van der Waals surface area contributed by atoms with Gasteiger partial charge < -0.3 is 15.1 Å². The first kappa shape index (κ1) is 16.8. The lowest BCUT2D eigenvalue weighted by Gasteiger charge is -2.10. The number of hydrogen-bond donors (Lipinski definition) is 2. The lowest BCUT2D eigenvalue weighted by atomic mass is 10.2. The second kappa shape index (κ2) is 8.73. The van der Waals surface area contributed by atoms with E-state index in [4.69, 9.17) is 4.42 Å². The Bertz CT molecular complexity index is 777. The van der Waals surface area contributed by atoms with Crippen molar-refractivity contribution in [1.82, 2.24) is 20.4 Å². The van der Waals surface area contributed by atoms with Gasteiger partial charge in [0.2, 0.25) is 0 Å². The summed E-state index contributed by atoms with van der Waals surface area (Å²) in [6.45, 7) is 1.57. The summed E-state index contributed by atoms with van der Waals surface area (Å²) in [6, 6.07) is 14.0. The van der Waals surface area contributed by atoms with Crippen LogP contribution in [0.2, 0.25) is 0 Å². The van der Waals surface area contributed by atoms with E-state index >= 15 is 0 Å². The molecule has 0 spiro atoms. The van der Waals surface area contributed by atoms with Gasteiger partial charge in [0, 0.05) is 32.8 Å². The molecule has 6 nitrogen and oxygen atoms in total. The lowest BCUT2D eigenvalue weighted by Crippen LogP contribution is -2.39. The third-order valence-corrected chi connectivity index (χ3v) is 3.83. The molecule has 0 bridgehead atoms. The second-order valence-corrected chi connectivity index (χ2v) is 5.63. The summed E-state index contributed by atoms with van der Waals surface area (Å²) in [6.07, 6.45) is 7.37. The molecule has 0 fully saturated rings. The van der Waals surface area contributed by atoms with E-state index in [1.165, 1.54) is 5.56 Å². The van der Waals surface area contributed by atoms with Crippen molar-refractivity contribution in [2.75, 3.05) is 20.1 Å². The van der Waals surface area contributed by atoms with Crippen LogP contribution < -0.4 is 10.6 Å². The standard InChI is InChI=1S/C19H23N5O/c1-20-19(22-12-10-18-8-5-13-25-18)21-11-9-16-14-23-24(15-16)17-6-3-2-4-7-17/h2-8,13-15H,9-12H2,1H3,(H2,20,21,22). The van der Waals surface area contributed by atoms with Crippen molar-refractivity contribution in [3.05, 3.63) is 72.4 Å². The number of para-hydroxylation sites is 1. The van der Waals surface area contributed by atoms with Crippen LogP contribution in [0.5, 0.6) is 0 Å². The van der Waals surface area contributed by atoms with Gasteiger partial charge in [-0.2, -0.15) is 5.10 Å². The van der Waals surface area contributed by atoms with Gasteiger partial charge in [0.25, 0.3) is 0 Å². The maximum Gasteiger partial charge on any atom is 0.191 e. The fraction of sp³-hybridized carbons (Fsp3) is 0.263. The summed E-state index contributed by atoms with van der Waals surface area (Å²) < 4.78 is 7.21. The first-order valence-electron chi connectivity index (χ1n) is 8.41. The summed E-state index contributed by atoms with van der Waals surface area (Å²) in [7, 11) is 1.77. The number of furan rings is 1. The van der Waals surface area contributed by atoms with Gasteiger partial charge in [-0.1, -0.05) is 18.2 Å². The Balaban J connectivity index is 1.41. The average Bonchev–Trinajstić information content (AvgIpc) is 3.33. The summed E-state index contributed by atoms with van der Waals surface area (Å²) >= 11 is 0. The van der Waals surface area contributed by atoms with Crippen LogP contribution in [-0.4, -0.2) is 35.9 Å². The molecule has 3 aromatic rings. The highest BCUT2D eigenvalue weighted by atomic mass is 16.3. The molecular weight excluding hydrogens is 314 g/mol. The molecule has 2 aromatic heterocycles. The van der Waals surface area contributed by atoms with Crippen molar-refractivity contribution >= 4 is 5.96 Å². The van der Waals surface area contributed by atoms with Crippen LogP contribution in [0.3, 0.4) is 0 Å². The molecule has 3 rings (SSSR count). The van der Waals surface area contributed by atoms with Crippen molar-refractivity contribution in [3.63, 3.8) is 0 Å². The Morgan fingerprint density at radius 1 is 1.08 bits per heavy atom. The molecule has 130 valence electrons. The number of hydrogen-bond acceptors (Lipinski definition) is 3. The second-order valence-electron chi connectivity index (χ2n) is 5.63. The highest BCUT2D eigenvalue weighted by Crippen LogP contribution is 2.07. The molecule has 25 heavy (non-hydrogen) atoms. The Hall–Kier alpha value is -3.02. The molecule has 0 radical (unpaired) electrons. The SMILES string of the molecule is CN=C(NCCc1cnn(-c2ccccc2)c1)NCCc1ccco1. The van der Waals surface area contributed by atoms with E-state index in [2.05, 4.69) is 26.9 Å². The third kappa shape index (κ3) is 4.97. The molecular formula is C19H23N5O. The molecule has 0 aliphatic rings. The van der Waals surface area contributed by atoms with Crippen LogP contribution >= 0.6 is 0 Å². The Labute approximate surface area is 147 Å². The van der Waals surface area contributed by atoms with Crippen molar-refractivity contribution in [1.29, 1.82) is 0 Å². The van der Waals surface area contributed by atoms with Crippen molar-refractivity contribution < 1.29 is 4.42 Å². The minimum absolute atomic E-state index is 0.777. The maximum atomic E-state index is 5.32. The monoisotopic (exact) mass is 337 g/mol. The van der Waals surface area contributed by atoms with Crippen LogP contribution in [0.15, 0.2) is 70.5 Å². The first-order valence-corrected chi connectivity index (χ1v) is 8.41. The van der Waals surface area contributed by atoms with Gasteiger partial charge in [0.1, 0.15) is 5.76 Å². The Kier molecular flexibility index (Phi) is 5.87. The van der Waals surface area contributed by atoms with Gasteiger partial charge in [-0.15, -0.1) is 0 Å². The maximum absolute atomic E-state index is 5.32. The van der Waals surface area contributed by atoms with Crippen molar-refractivity contribution in [2.45, 2.75) is 12.8 Å². The van der Waals surface area contributed by atoms with Gasteiger partial charge in [0.05, 0.1) is 18.1 Å². The van der Waals surface area contributed by atoms with Crippen LogP contribution in [0.4, 0.5) is 0 Å². The summed E-state index contributed by atoms with van der Waals surface area (Å²) in [5, 5.41) is 11.0. The largest absolute Gasteiger partial charge is 0.469 e. The summed E-state index contributed by atoms with van der Waals surface area (Å²) in [4.78, 5) is 4.23. The topological polar surface area (TPSA) is 67.4 Å². The highest BCUT2D eigenvalue weighted by molar-refractivity contribution is 5.79. The zero-order chi connectivity index (χ0) is 17.3. The van der Waals surface area contributed by atoms with E-state index in [0.717, 1.165) is 43.3 Å². The molecule has 0 atom stereocenters. The molecule has 0 saturated heterocycles. The highest BCUT2D eigenvalue weighted by Gasteiger charge is 2.02. The van der Waals surface area contributed by atoms with Gasteiger partial charge in [-0.3, -0.25) is 4.99 Å². The van der Waals surface area contributed by atoms with Gasteiger partial charge >= 0.3 is 0 Å². The molecule has 6 heteroatoms. The Morgan fingerprint density at radius 3 is 2.60 bits per heavy atom. The van der Waals surface area contributed by atoms with E-state index in [9.17, 15) is 0 Å². The average molecular weight is 337 g/mol. The predicted molar refractivity (Wildman–Crippen MR) is 99.0 cm³/mol. The zero-order valence-corrected chi connectivity index (χ0v) is 14.4. The predicted octanol–water partition coefficient (Wildman–Crippen LogP) is 2.42. The molecule has 2 heterocycles. The number of aromatic nitrogens is 2. The van der Waals surface area contributed by atoms with Crippen LogP contribution in [0, 0.1) is 0 Å². The van der Waals surface area contributed by atoms with Crippen molar-refractivity contribution in [2.24, 2.45) is 4.99 Å². The van der Waals surface area contributed by atoms with Crippen LogP contribution in [0.1, 0.15) is 11.3 Å². The lowest BCUT2D eigenvalue weighted by molar-refractivity contribution is 0.507. The van der Waals surface area contributed by atoms with Gasteiger partial charge in [0.15, 0.2) is 5.96 Å². The van der Waals surface area contributed by atoms with Crippen LogP contribution in [-0.2, 0) is 12.8 Å². The minimum Gasteiger partial charge on any atom is -0.469 e. The third-order valence-electron chi connectivity index (χ3n) is 3.83. The van der Waals surface area contributed by atoms with Crippen molar-refractivity contribution in [3.8, 4) is 5.69 Å². The number of nitrogens with zero attached hydrogens (tertiary/aromatic N) is 3. The number of rotatable bonds is 7. The van der Waals surface area contributed by atoms with Gasteiger partial charge in [-0.05, 0) is 36.2 Å². The van der Waals surface area contributed by atoms with Gasteiger partial charge in [-0.25, -0.2) is 4.68 Å². The molecule has 0 aliphatic heterocycles.